The Morgan fingerprint density at radius 1 is 0.925 bits per heavy atom. The normalized spacial score (nSPS) is 14.5. The maximum atomic E-state index is 12.9. The third-order valence-corrected chi connectivity index (χ3v) is 7.67. The molecule has 0 radical (unpaired) electrons. The predicted molar refractivity (Wildman–Crippen MR) is 156 cm³/mol. The summed E-state index contributed by atoms with van der Waals surface area (Å²) >= 11 is 1.37. The van der Waals surface area contributed by atoms with Crippen LogP contribution in [-0.2, 0) is 24.7 Å². The van der Waals surface area contributed by atoms with Crippen molar-refractivity contribution in [2.45, 2.75) is 44.2 Å². The number of carbonyl (C=O) groups excluding carboxylic acids is 2. The summed E-state index contributed by atoms with van der Waals surface area (Å²) in [6.45, 7) is 1.94. The van der Waals surface area contributed by atoms with E-state index in [-0.39, 0.29) is 24.2 Å². The number of oxime groups is 1. The summed E-state index contributed by atoms with van der Waals surface area (Å²) in [5.74, 6) is -0.380. The zero-order valence-electron chi connectivity index (χ0n) is 22.3. The second-order valence-corrected chi connectivity index (χ2v) is 10.4. The second kappa shape index (κ2) is 12.7. The summed E-state index contributed by atoms with van der Waals surface area (Å²) in [6.07, 6.45) is 1.85. The molecule has 0 spiro atoms. The first-order valence-corrected chi connectivity index (χ1v) is 14.3. The molecule has 0 aliphatic heterocycles. The smallest absolute Gasteiger partial charge is 0.362 e. The van der Waals surface area contributed by atoms with Crippen LogP contribution in [0, 0.1) is 0 Å². The Morgan fingerprint density at radius 3 is 1.95 bits per heavy atom. The van der Waals surface area contributed by atoms with Crippen molar-refractivity contribution in [3.05, 3.63) is 119 Å². The zero-order valence-corrected chi connectivity index (χ0v) is 23.1. The number of hydrogen-bond acceptors (Lipinski definition) is 8. The molecule has 1 fully saturated rings. The van der Waals surface area contributed by atoms with E-state index in [1.807, 2.05) is 54.6 Å². The van der Waals surface area contributed by atoms with Crippen LogP contribution in [-0.4, -0.2) is 35.2 Å². The van der Waals surface area contributed by atoms with Gasteiger partial charge in [-0.05, 0) is 36.5 Å². The molecule has 1 N–H and O–H groups in total. The fourth-order valence-corrected chi connectivity index (χ4v) is 5.67. The number of thiazole rings is 1. The molecular formula is C32H31N3O4S. The molecule has 0 unspecified atom stereocenters. The van der Waals surface area contributed by atoms with E-state index in [2.05, 4.69) is 46.9 Å². The number of ether oxygens (including phenoxy) is 1. The van der Waals surface area contributed by atoms with Gasteiger partial charge in [0.1, 0.15) is 23.1 Å². The Hall–Kier alpha value is -4.30. The average Bonchev–Trinajstić information content (AvgIpc) is 3.46. The fraction of sp³-hybridized carbons (Fsp3) is 0.250. The quantitative estimate of drug-likeness (QED) is 0.107. The van der Waals surface area contributed by atoms with Gasteiger partial charge in [-0.2, -0.15) is 0 Å². The van der Waals surface area contributed by atoms with E-state index in [0.717, 1.165) is 16.7 Å². The molecule has 3 aromatic carbocycles. The third kappa shape index (κ3) is 5.97. The van der Waals surface area contributed by atoms with Gasteiger partial charge in [0.2, 0.25) is 5.71 Å². The van der Waals surface area contributed by atoms with Gasteiger partial charge in [-0.1, -0.05) is 96.2 Å². The van der Waals surface area contributed by atoms with Gasteiger partial charge in [0, 0.05) is 18.2 Å². The summed E-state index contributed by atoms with van der Waals surface area (Å²) in [4.78, 5) is 35.0. The van der Waals surface area contributed by atoms with Gasteiger partial charge in [-0.15, -0.1) is 11.3 Å². The molecule has 8 heteroatoms. The van der Waals surface area contributed by atoms with Crippen molar-refractivity contribution >= 4 is 33.9 Å². The minimum atomic E-state index is -0.759. The lowest BCUT2D eigenvalue weighted by Gasteiger charge is -2.36. The maximum absolute atomic E-state index is 12.9. The topological polar surface area (TPSA) is 89.9 Å². The van der Waals surface area contributed by atoms with Gasteiger partial charge in [0.05, 0.1) is 6.61 Å². The summed E-state index contributed by atoms with van der Waals surface area (Å²) in [7, 11) is 0. The molecule has 204 valence electrons. The van der Waals surface area contributed by atoms with Crippen LogP contribution in [0.15, 0.2) is 102 Å². The summed E-state index contributed by atoms with van der Waals surface area (Å²) in [6, 6.07) is 30.7. The van der Waals surface area contributed by atoms with Crippen LogP contribution in [0.25, 0.3) is 0 Å². The number of nitrogens with one attached hydrogen (secondary N) is 1. The largest absolute Gasteiger partial charge is 0.461 e. The first kappa shape index (κ1) is 27.3. The van der Waals surface area contributed by atoms with E-state index in [4.69, 9.17) is 14.6 Å². The molecule has 7 nitrogen and oxygen atoms in total. The Bertz CT molecular complexity index is 1350. The maximum Gasteiger partial charge on any atom is 0.362 e. The van der Waals surface area contributed by atoms with Crippen LogP contribution >= 0.6 is 11.3 Å². The van der Waals surface area contributed by atoms with Crippen molar-refractivity contribution in [3.8, 4) is 0 Å². The van der Waals surface area contributed by atoms with E-state index in [1.165, 1.54) is 11.3 Å². The molecule has 1 aromatic heterocycles. The van der Waals surface area contributed by atoms with Gasteiger partial charge < -0.3 is 14.9 Å². The highest BCUT2D eigenvalue weighted by molar-refractivity contribution is 7.14. The minimum Gasteiger partial charge on any atom is -0.461 e. The Balaban J connectivity index is 1.54. The van der Waals surface area contributed by atoms with Crippen molar-refractivity contribution in [3.63, 3.8) is 0 Å². The van der Waals surface area contributed by atoms with Gasteiger partial charge in [-0.25, -0.2) is 9.78 Å². The van der Waals surface area contributed by atoms with Crippen molar-refractivity contribution in [2.75, 3.05) is 11.9 Å². The molecule has 5 rings (SSSR count). The Labute approximate surface area is 237 Å². The van der Waals surface area contributed by atoms with Crippen LogP contribution in [0.4, 0.5) is 5.13 Å². The van der Waals surface area contributed by atoms with E-state index in [0.29, 0.717) is 36.5 Å². The van der Waals surface area contributed by atoms with Crippen LogP contribution in [0.3, 0.4) is 0 Å². The standard InChI is InChI=1S/C32H31N3O4S/c1-2-38-30(37)29(35-39-27-20-18-26(36)19-21-27)28-22-40-31(33-28)34-32(23-12-6-3-7-13-23,24-14-8-4-9-15-24)25-16-10-5-11-17-25/h3-17,22,27H,2,18-21H2,1H3,(H,33,34)/b35-29+. The monoisotopic (exact) mass is 553 g/mol. The number of carbonyl (C=O) groups is 2. The number of Topliss-reactive ketones (excluding diaryl/α,β-unsaturated/α-hetero) is 1. The summed E-state index contributed by atoms with van der Waals surface area (Å²) in [5, 5.41) is 10.3. The van der Waals surface area contributed by atoms with Crippen molar-refractivity contribution in [1.82, 2.24) is 4.98 Å². The highest BCUT2D eigenvalue weighted by atomic mass is 32.1. The predicted octanol–water partition coefficient (Wildman–Crippen LogP) is 6.34. The van der Waals surface area contributed by atoms with E-state index >= 15 is 0 Å². The molecule has 4 aromatic rings. The van der Waals surface area contributed by atoms with Crippen LogP contribution < -0.4 is 5.32 Å². The number of esters is 1. The molecule has 0 atom stereocenters. The van der Waals surface area contributed by atoms with Crippen molar-refractivity contribution < 1.29 is 19.2 Å². The van der Waals surface area contributed by atoms with Gasteiger partial charge in [-0.3, -0.25) is 4.79 Å². The number of hydrogen-bond donors (Lipinski definition) is 1. The van der Waals surface area contributed by atoms with E-state index in [9.17, 15) is 9.59 Å². The molecular weight excluding hydrogens is 522 g/mol. The van der Waals surface area contributed by atoms with Crippen LogP contribution in [0.2, 0.25) is 0 Å². The molecule has 0 amide bonds. The lowest BCUT2D eigenvalue weighted by atomic mass is 9.77. The number of benzene rings is 3. The number of aromatic nitrogens is 1. The third-order valence-electron chi connectivity index (χ3n) is 6.91. The zero-order chi connectivity index (χ0) is 27.8. The Morgan fingerprint density at radius 2 is 1.45 bits per heavy atom. The first-order valence-electron chi connectivity index (χ1n) is 13.4. The lowest BCUT2D eigenvalue weighted by Crippen LogP contribution is -2.38. The second-order valence-electron chi connectivity index (χ2n) is 9.51. The molecule has 1 aliphatic carbocycles. The molecule has 1 aliphatic rings. The average molecular weight is 554 g/mol. The summed E-state index contributed by atoms with van der Waals surface area (Å²) < 4.78 is 5.27. The minimum absolute atomic E-state index is 0.00721. The SMILES string of the molecule is CCOC(=O)/C(=N/OC1CCC(=O)CC1)c1csc(NC(c2ccccc2)(c2ccccc2)c2ccccc2)n1. The molecule has 0 bridgehead atoms. The molecule has 0 saturated heterocycles. The number of rotatable bonds is 10. The van der Waals surface area contributed by atoms with Crippen LogP contribution in [0.1, 0.15) is 55.0 Å². The van der Waals surface area contributed by atoms with Crippen LogP contribution in [0.5, 0.6) is 0 Å². The summed E-state index contributed by atoms with van der Waals surface area (Å²) in [5.41, 5.74) is 2.73. The highest BCUT2D eigenvalue weighted by Crippen LogP contribution is 2.40. The van der Waals surface area contributed by atoms with Crippen molar-refractivity contribution in [1.29, 1.82) is 0 Å². The van der Waals surface area contributed by atoms with Crippen molar-refractivity contribution in [2.24, 2.45) is 5.16 Å². The molecule has 1 saturated carbocycles. The Kier molecular flexibility index (Phi) is 8.66. The highest BCUT2D eigenvalue weighted by Gasteiger charge is 2.37. The molecule has 40 heavy (non-hydrogen) atoms. The fourth-order valence-electron chi connectivity index (χ4n) is 4.92. The van der Waals surface area contributed by atoms with Gasteiger partial charge in [0.15, 0.2) is 5.13 Å². The van der Waals surface area contributed by atoms with Gasteiger partial charge >= 0.3 is 5.97 Å². The van der Waals surface area contributed by atoms with Gasteiger partial charge in [0.25, 0.3) is 0 Å². The number of ketones is 1. The van der Waals surface area contributed by atoms with E-state index in [1.54, 1.807) is 12.3 Å². The number of anilines is 1. The molecule has 1 heterocycles. The lowest BCUT2D eigenvalue weighted by molar-refractivity contribution is -0.135. The number of nitrogens with zero attached hydrogens (tertiary/aromatic N) is 2. The first-order chi connectivity index (χ1) is 19.6. The van der Waals surface area contributed by atoms with E-state index < -0.39 is 11.5 Å².